The average Bonchev–Trinajstić information content (AvgIpc) is 3.20. The lowest BCUT2D eigenvalue weighted by Crippen LogP contribution is -2.38. The van der Waals surface area contributed by atoms with E-state index in [4.69, 9.17) is 9.97 Å². The summed E-state index contributed by atoms with van der Waals surface area (Å²) in [5.41, 5.74) is 4.28. The Morgan fingerprint density at radius 3 is 2.97 bits per heavy atom. The van der Waals surface area contributed by atoms with Gasteiger partial charge in [-0.15, -0.1) is 0 Å². The summed E-state index contributed by atoms with van der Waals surface area (Å²) in [6.45, 7) is 3.43. The average molecular weight is 419 g/mol. The lowest BCUT2D eigenvalue weighted by atomic mass is 9.96. The number of fused-ring (bicyclic) bond motifs is 2. The molecule has 1 fully saturated rings. The number of carbonyl (C=O) groups is 1. The fraction of sp³-hybridized carbons (Fsp3) is 0.458. The molecule has 1 amide bonds. The van der Waals surface area contributed by atoms with Crippen LogP contribution in [-0.4, -0.2) is 64.4 Å². The van der Waals surface area contributed by atoms with Gasteiger partial charge in [0.05, 0.1) is 18.7 Å². The summed E-state index contributed by atoms with van der Waals surface area (Å²) in [5, 5.41) is 4.39. The van der Waals surface area contributed by atoms with Crippen molar-refractivity contribution in [2.45, 2.75) is 38.1 Å². The predicted molar refractivity (Wildman–Crippen MR) is 122 cm³/mol. The molecule has 0 unspecified atom stereocenters. The zero-order valence-corrected chi connectivity index (χ0v) is 18.3. The van der Waals surface area contributed by atoms with Crippen LogP contribution >= 0.6 is 0 Å². The standard InChI is InChI=1S/C24H30N6O/c1-25-24-19-15-30(22(31)12-17-13-26-20-8-4-3-7-18(17)20)11-9-21(19)27-23(28-24)16-6-5-10-29(2)14-16/h3-4,7-8,13,16,26H,5-6,9-12,14-15H2,1-2H3,(H,25,27,28)/t16-/m1/s1. The number of para-hydroxylation sites is 1. The highest BCUT2D eigenvalue weighted by molar-refractivity contribution is 5.89. The molecule has 3 aromatic rings. The third kappa shape index (κ3) is 3.90. The van der Waals surface area contributed by atoms with Gasteiger partial charge in [0.1, 0.15) is 11.6 Å². The fourth-order valence-electron chi connectivity index (χ4n) is 4.97. The van der Waals surface area contributed by atoms with E-state index in [0.717, 1.165) is 65.3 Å². The number of rotatable bonds is 4. The molecule has 7 nitrogen and oxygen atoms in total. The van der Waals surface area contributed by atoms with Crippen molar-refractivity contribution in [2.75, 3.05) is 39.0 Å². The summed E-state index contributed by atoms with van der Waals surface area (Å²) in [6, 6.07) is 8.13. The number of benzene rings is 1. The van der Waals surface area contributed by atoms with Crippen LogP contribution in [-0.2, 0) is 24.2 Å². The summed E-state index contributed by atoms with van der Waals surface area (Å²) in [5.74, 6) is 2.36. The van der Waals surface area contributed by atoms with Gasteiger partial charge in [-0.3, -0.25) is 4.79 Å². The molecule has 1 aromatic carbocycles. The number of piperidine rings is 1. The fourth-order valence-corrected chi connectivity index (χ4v) is 4.97. The van der Waals surface area contributed by atoms with Gasteiger partial charge in [0.15, 0.2) is 0 Å². The molecule has 1 saturated heterocycles. The van der Waals surface area contributed by atoms with E-state index >= 15 is 0 Å². The van der Waals surface area contributed by atoms with Crippen molar-refractivity contribution in [1.29, 1.82) is 0 Å². The maximum absolute atomic E-state index is 13.1. The third-order valence-corrected chi connectivity index (χ3v) is 6.67. The number of likely N-dealkylation sites (N-methyl/N-ethyl adjacent to an activating group) is 1. The highest BCUT2D eigenvalue weighted by Gasteiger charge is 2.28. The zero-order valence-electron chi connectivity index (χ0n) is 18.3. The number of nitrogens with one attached hydrogen (secondary N) is 2. The van der Waals surface area contributed by atoms with Crippen LogP contribution in [0, 0.1) is 0 Å². The lowest BCUT2D eigenvalue weighted by molar-refractivity contribution is -0.131. The molecule has 2 aromatic heterocycles. The molecule has 0 bridgehead atoms. The number of H-pyrrole nitrogens is 1. The number of nitrogens with zero attached hydrogens (tertiary/aromatic N) is 4. The summed E-state index contributed by atoms with van der Waals surface area (Å²) in [6.07, 6.45) is 5.47. The lowest BCUT2D eigenvalue weighted by Gasteiger charge is -2.32. The number of hydrogen-bond donors (Lipinski definition) is 2. The molecular weight excluding hydrogens is 388 g/mol. The first-order chi connectivity index (χ1) is 15.1. The summed E-state index contributed by atoms with van der Waals surface area (Å²) in [4.78, 5) is 30.5. The van der Waals surface area contributed by atoms with Gasteiger partial charge in [-0.1, -0.05) is 18.2 Å². The Hall–Kier alpha value is -2.93. The zero-order chi connectivity index (χ0) is 21.4. The van der Waals surface area contributed by atoms with E-state index in [9.17, 15) is 4.79 Å². The first kappa shape index (κ1) is 20.0. The van der Waals surface area contributed by atoms with Gasteiger partial charge in [0, 0.05) is 55.1 Å². The second kappa shape index (κ2) is 8.30. The molecule has 0 radical (unpaired) electrons. The summed E-state index contributed by atoms with van der Waals surface area (Å²) in [7, 11) is 4.08. The molecule has 2 N–H and O–H groups in total. The minimum absolute atomic E-state index is 0.149. The van der Waals surface area contributed by atoms with Gasteiger partial charge in [-0.25, -0.2) is 9.97 Å². The number of aromatic nitrogens is 3. The second-order valence-corrected chi connectivity index (χ2v) is 8.81. The Morgan fingerprint density at radius 1 is 1.26 bits per heavy atom. The van der Waals surface area contributed by atoms with Crippen molar-refractivity contribution in [1.82, 2.24) is 24.8 Å². The van der Waals surface area contributed by atoms with Crippen LogP contribution in [0.1, 0.15) is 41.4 Å². The largest absolute Gasteiger partial charge is 0.373 e. The quantitative estimate of drug-likeness (QED) is 0.681. The molecule has 4 heterocycles. The van der Waals surface area contributed by atoms with Crippen molar-refractivity contribution in [3.63, 3.8) is 0 Å². The van der Waals surface area contributed by atoms with Crippen LogP contribution in [0.3, 0.4) is 0 Å². The van der Waals surface area contributed by atoms with Crippen molar-refractivity contribution >= 4 is 22.6 Å². The Morgan fingerprint density at radius 2 is 2.13 bits per heavy atom. The molecule has 0 saturated carbocycles. The number of carbonyl (C=O) groups excluding carboxylic acids is 1. The number of anilines is 1. The summed E-state index contributed by atoms with van der Waals surface area (Å²) < 4.78 is 0. The van der Waals surface area contributed by atoms with Crippen molar-refractivity contribution in [3.8, 4) is 0 Å². The van der Waals surface area contributed by atoms with Gasteiger partial charge in [-0.2, -0.15) is 0 Å². The van der Waals surface area contributed by atoms with Crippen molar-refractivity contribution in [3.05, 3.63) is 53.1 Å². The van der Waals surface area contributed by atoms with E-state index in [-0.39, 0.29) is 5.91 Å². The molecular formula is C24H30N6O. The Bertz CT molecular complexity index is 1090. The van der Waals surface area contributed by atoms with E-state index in [1.165, 1.54) is 6.42 Å². The molecule has 5 rings (SSSR count). The van der Waals surface area contributed by atoms with E-state index < -0.39 is 0 Å². The number of hydrogen-bond acceptors (Lipinski definition) is 5. The van der Waals surface area contributed by atoms with Crippen molar-refractivity contribution in [2.24, 2.45) is 0 Å². The molecule has 0 aliphatic carbocycles. The predicted octanol–water partition coefficient (Wildman–Crippen LogP) is 2.94. The first-order valence-corrected chi connectivity index (χ1v) is 11.2. The number of likely N-dealkylation sites (tertiary alicyclic amines) is 1. The van der Waals surface area contributed by atoms with Crippen molar-refractivity contribution < 1.29 is 4.79 Å². The monoisotopic (exact) mass is 418 g/mol. The van der Waals surface area contributed by atoms with Gasteiger partial charge in [0.2, 0.25) is 5.91 Å². The highest BCUT2D eigenvalue weighted by Crippen LogP contribution is 2.30. The highest BCUT2D eigenvalue weighted by atomic mass is 16.2. The normalized spacial score (nSPS) is 19.4. The minimum Gasteiger partial charge on any atom is -0.373 e. The molecule has 0 spiro atoms. The Labute approximate surface area is 182 Å². The van der Waals surface area contributed by atoms with Gasteiger partial charge < -0.3 is 20.1 Å². The van der Waals surface area contributed by atoms with Gasteiger partial charge >= 0.3 is 0 Å². The Kier molecular flexibility index (Phi) is 5.36. The van der Waals surface area contributed by atoms with Gasteiger partial charge in [0.25, 0.3) is 0 Å². The van der Waals surface area contributed by atoms with Crippen LogP contribution in [0.4, 0.5) is 5.82 Å². The first-order valence-electron chi connectivity index (χ1n) is 11.2. The Balaban J connectivity index is 1.35. The van der Waals surface area contributed by atoms with Crippen LogP contribution < -0.4 is 5.32 Å². The second-order valence-electron chi connectivity index (χ2n) is 8.81. The van der Waals surface area contributed by atoms with Gasteiger partial charge in [-0.05, 0) is 38.1 Å². The minimum atomic E-state index is 0.149. The topological polar surface area (TPSA) is 77.2 Å². The number of amides is 1. The van der Waals surface area contributed by atoms with Crippen LogP contribution in [0.25, 0.3) is 10.9 Å². The van der Waals surface area contributed by atoms with Crippen LogP contribution in [0.15, 0.2) is 30.5 Å². The third-order valence-electron chi connectivity index (χ3n) is 6.67. The smallest absolute Gasteiger partial charge is 0.227 e. The molecule has 2 aliphatic heterocycles. The molecule has 31 heavy (non-hydrogen) atoms. The molecule has 1 atom stereocenters. The molecule has 2 aliphatic rings. The SMILES string of the molecule is CNc1nc([C@@H]2CCCN(C)C2)nc2c1CN(C(=O)Cc1c[nH]c3ccccc13)CC2. The maximum Gasteiger partial charge on any atom is 0.227 e. The van der Waals surface area contributed by atoms with Crippen LogP contribution in [0.2, 0.25) is 0 Å². The summed E-state index contributed by atoms with van der Waals surface area (Å²) >= 11 is 0. The van der Waals surface area contributed by atoms with E-state index in [0.29, 0.717) is 25.4 Å². The molecule has 7 heteroatoms. The van der Waals surface area contributed by atoms with E-state index in [2.05, 4.69) is 28.3 Å². The van der Waals surface area contributed by atoms with Crippen LogP contribution in [0.5, 0.6) is 0 Å². The van der Waals surface area contributed by atoms with E-state index in [1.807, 2.05) is 36.3 Å². The molecule has 162 valence electrons. The maximum atomic E-state index is 13.1. The van der Waals surface area contributed by atoms with E-state index in [1.54, 1.807) is 0 Å². The number of aromatic amines is 1.